The van der Waals surface area contributed by atoms with Gasteiger partial charge in [0.05, 0.1) is 11.1 Å². The number of rotatable bonds is 9. The van der Waals surface area contributed by atoms with Crippen molar-refractivity contribution in [3.63, 3.8) is 0 Å². The van der Waals surface area contributed by atoms with Crippen molar-refractivity contribution in [3.05, 3.63) is 47.5 Å². The molecule has 4 nitrogen and oxygen atoms in total. The van der Waals surface area contributed by atoms with Crippen LogP contribution in [0.15, 0.2) is 30.6 Å². The molecule has 1 aromatic carbocycles. The maximum atomic E-state index is 14.0. The maximum absolute atomic E-state index is 14.0. The van der Waals surface area contributed by atoms with E-state index in [-0.39, 0.29) is 29.4 Å². The first kappa shape index (κ1) is 21.0. The quantitative estimate of drug-likeness (QED) is 0.611. The molecule has 2 aromatic rings. The normalized spacial score (nSPS) is 10.3. The number of aromatic nitrogens is 2. The number of halogens is 2. The minimum Gasteiger partial charge on any atom is -0.478 e. The minimum atomic E-state index is -1.16. The first-order chi connectivity index (χ1) is 11.6. The summed E-state index contributed by atoms with van der Waals surface area (Å²) in [6.45, 7) is 2.21. The Bertz CT molecular complexity index is 678. The van der Waals surface area contributed by atoms with Crippen molar-refractivity contribution in [1.82, 2.24) is 9.97 Å². The third-order valence-electron chi connectivity index (χ3n) is 3.98. The summed E-state index contributed by atoms with van der Waals surface area (Å²) in [5.41, 5.74) is 1.17. The summed E-state index contributed by atoms with van der Waals surface area (Å²) in [5.74, 6) is -1.51. The second-order valence-corrected chi connectivity index (χ2v) is 5.93. The zero-order chi connectivity index (χ0) is 17.4. The first-order valence-corrected chi connectivity index (χ1v) is 8.46. The third-order valence-corrected chi connectivity index (χ3v) is 3.98. The highest BCUT2D eigenvalue weighted by Gasteiger charge is 2.11. The third kappa shape index (κ3) is 6.42. The highest BCUT2D eigenvalue weighted by molar-refractivity contribution is 5.88. The predicted molar refractivity (Wildman–Crippen MR) is 98.7 cm³/mol. The number of aromatic carboxylic acids is 1. The lowest BCUT2D eigenvalue weighted by atomic mass is 10.1. The molecule has 1 heterocycles. The molecule has 0 atom stereocenters. The second kappa shape index (κ2) is 10.8. The molecule has 0 aliphatic carbocycles. The van der Waals surface area contributed by atoms with Gasteiger partial charge in [-0.3, -0.25) is 0 Å². The van der Waals surface area contributed by atoms with Gasteiger partial charge in [0.25, 0.3) is 0 Å². The Labute approximate surface area is 153 Å². The summed E-state index contributed by atoms with van der Waals surface area (Å²) in [5, 5.41) is 8.86. The van der Waals surface area contributed by atoms with Crippen molar-refractivity contribution in [2.45, 2.75) is 51.9 Å². The topological polar surface area (TPSA) is 63.1 Å². The molecule has 1 N–H and O–H groups in total. The van der Waals surface area contributed by atoms with Gasteiger partial charge in [0, 0.05) is 12.4 Å². The summed E-state index contributed by atoms with van der Waals surface area (Å²) in [6, 6.07) is 3.75. The predicted octanol–water partition coefficient (Wildman–Crippen LogP) is 5.31. The van der Waals surface area contributed by atoms with E-state index in [1.54, 1.807) is 12.4 Å². The molecule has 0 spiro atoms. The van der Waals surface area contributed by atoms with Gasteiger partial charge in [0.1, 0.15) is 5.82 Å². The van der Waals surface area contributed by atoms with Gasteiger partial charge in [-0.2, -0.15) is 0 Å². The van der Waals surface area contributed by atoms with Crippen LogP contribution >= 0.6 is 12.4 Å². The summed E-state index contributed by atoms with van der Waals surface area (Å²) >= 11 is 0. The van der Waals surface area contributed by atoms with E-state index in [9.17, 15) is 9.18 Å². The zero-order valence-electron chi connectivity index (χ0n) is 14.4. The Morgan fingerprint density at radius 2 is 1.72 bits per heavy atom. The molecule has 2 rings (SSSR count). The molecule has 6 heteroatoms. The molecule has 0 radical (unpaired) electrons. The van der Waals surface area contributed by atoms with Crippen molar-refractivity contribution < 1.29 is 14.3 Å². The van der Waals surface area contributed by atoms with E-state index in [1.165, 1.54) is 44.2 Å². The van der Waals surface area contributed by atoms with Crippen LogP contribution in [0.4, 0.5) is 4.39 Å². The highest BCUT2D eigenvalue weighted by atomic mass is 35.5. The van der Waals surface area contributed by atoms with E-state index < -0.39 is 11.8 Å². The number of unbranched alkanes of at least 4 members (excludes halogenated alkanes) is 5. The Balaban J connectivity index is 0.00000312. The van der Waals surface area contributed by atoms with E-state index in [1.807, 2.05) is 0 Å². The molecule has 0 fully saturated rings. The van der Waals surface area contributed by atoms with Crippen molar-refractivity contribution in [2.24, 2.45) is 0 Å². The Kier molecular flexibility index (Phi) is 9.06. The number of nitrogens with zero attached hydrogens (tertiary/aromatic N) is 2. The van der Waals surface area contributed by atoms with Gasteiger partial charge >= 0.3 is 5.97 Å². The number of hydrogen-bond donors (Lipinski definition) is 1. The Morgan fingerprint density at radius 1 is 1.08 bits per heavy atom. The van der Waals surface area contributed by atoms with Crippen molar-refractivity contribution >= 4 is 18.4 Å². The lowest BCUT2D eigenvalue weighted by Gasteiger charge is -2.05. The number of carbonyl (C=O) groups is 1. The van der Waals surface area contributed by atoms with E-state index >= 15 is 0 Å². The Morgan fingerprint density at radius 3 is 2.32 bits per heavy atom. The van der Waals surface area contributed by atoms with E-state index in [2.05, 4.69) is 16.9 Å². The molecular weight excluding hydrogens is 343 g/mol. The smallest absolute Gasteiger partial charge is 0.335 e. The number of hydrogen-bond acceptors (Lipinski definition) is 3. The van der Waals surface area contributed by atoms with Crippen molar-refractivity contribution in [3.8, 4) is 11.4 Å². The molecule has 136 valence electrons. The molecule has 0 aliphatic rings. The summed E-state index contributed by atoms with van der Waals surface area (Å²) in [4.78, 5) is 19.3. The standard InChI is InChI=1S/C19H23FN2O2.ClH/c1-2-3-4-5-6-7-8-14-12-21-18(22-13-14)16-10-9-15(19(23)24)11-17(16)20;/h9-13H,2-8H2,1H3,(H,23,24);1H. The minimum absolute atomic E-state index is 0. The average molecular weight is 367 g/mol. The highest BCUT2D eigenvalue weighted by Crippen LogP contribution is 2.20. The van der Waals surface area contributed by atoms with Gasteiger partial charge < -0.3 is 5.11 Å². The first-order valence-electron chi connectivity index (χ1n) is 8.46. The average Bonchev–Trinajstić information content (AvgIpc) is 2.58. The van der Waals surface area contributed by atoms with Gasteiger partial charge in [0.15, 0.2) is 5.82 Å². The van der Waals surface area contributed by atoms with Crippen LogP contribution in [0.3, 0.4) is 0 Å². The lowest BCUT2D eigenvalue weighted by molar-refractivity contribution is 0.0696. The largest absolute Gasteiger partial charge is 0.478 e. The molecule has 1 aromatic heterocycles. The van der Waals surface area contributed by atoms with Gasteiger partial charge in [-0.25, -0.2) is 19.2 Å². The van der Waals surface area contributed by atoms with Crippen LogP contribution in [0.25, 0.3) is 11.4 Å². The number of carboxylic acid groups (broad SMARTS) is 1. The Hall–Kier alpha value is -2.01. The van der Waals surface area contributed by atoms with Crippen LogP contribution in [0.1, 0.15) is 61.4 Å². The van der Waals surface area contributed by atoms with Crippen molar-refractivity contribution in [2.75, 3.05) is 0 Å². The van der Waals surface area contributed by atoms with Crippen LogP contribution in [-0.2, 0) is 6.42 Å². The van der Waals surface area contributed by atoms with Crippen LogP contribution in [0, 0.1) is 5.82 Å². The van der Waals surface area contributed by atoms with Gasteiger partial charge in [-0.1, -0.05) is 39.0 Å². The maximum Gasteiger partial charge on any atom is 0.335 e. The number of benzene rings is 1. The second-order valence-electron chi connectivity index (χ2n) is 5.93. The van der Waals surface area contributed by atoms with Gasteiger partial charge in [-0.05, 0) is 36.6 Å². The SMILES string of the molecule is CCCCCCCCc1cnc(-c2ccc(C(=O)O)cc2F)nc1.Cl. The van der Waals surface area contributed by atoms with Gasteiger partial charge in [-0.15, -0.1) is 12.4 Å². The summed E-state index contributed by atoms with van der Waals surface area (Å²) < 4.78 is 14.0. The molecule has 0 bridgehead atoms. The fraction of sp³-hybridized carbons (Fsp3) is 0.421. The molecule has 25 heavy (non-hydrogen) atoms. The monoisotopic (exact) mass is 366 g/mol. The molecule has 0 aliphatic heterocycles. The molecule has 0 saturated carbocycles. The molecule has 0 amide bonds. The fourth-order valence-corrected chi connectivity index (χ4v) is 2.56. The molecular formula is C19H24ClFN2O2. The van der Waals surface area contributed by atoms with Crippen LogP contribution in [0.5, 0.6) is 0 Å². The summed E-state index contributed by atoms with van der Waals surface area (Å²) in [6.07, 6.45) is 11.8. The number of carboxylic acids is 1. The lowest BCUT2D eigenvalue weighted by Crippen LogP contribution is -1.99. The zero-order valence-corrected chi connectivity index (χ0v) is 15.2. The van der Waals surface area contributed by atoms with E-state index in [0.29, 0.717) is 0 Å². The number of aryl methyl sites for hydroxylation is 1. The molecule has 0 saturated heterocycles. The summed E-state index contributed by atoms with van der Waals surface area (Å²) in [7, 11) is 0. The van der Waals surface area contributed by atoms with Crippen LogP contribution < -0.4 is 0 Å². The van der Waals surface area contributed by atoms with E-state index in [0.717, 1.165) is 24.5 Å². The van der Waals surface area contributed by atoms with Gasteiger partial charge in [0.2, 0.25) is 0 Å². The van der Waals surface area contributed by atoms with Crippen molar-refractivity contribution in [1.29, 1.82) is 0 Å². The molecule has 0 unspecified atom stereocenters. The fourth-order valence-electron chi connectivity index (χ4n) is 2.56. The van der Waals surface area contributed by atoms with Crippen LogP contribution in [-0.4, -0.2) is 21.0 Å². The van der Waals surface area contributed by atoms with E-state index in [4.69, 9.17) is 5.11 Å². The van der Waals surface area contributed by atoms with Crippen LogP contribution in [0.2, 0.25) is 0 Å².